The highest BCUT2D eigenvalue weighted by atomic mass is 32.1. The number of hydrogen-bond donors (Lipinski definition) is 2. The summed E-state index contributed by atoms with van der Waals surface area (Å²) in [5, 5.41) is 13.0. The summed E-state index contributed by atoms with van der Waals surface area (Å²) in [6, 6.07) is -0.223. The minimum absolute atomic E-state index is 0.0742. The Morgan fingerprint density at radius 2 is 2.32 bits per heavy atom. The van der Waals surface area contributed by atoms with Crippen LogP contribution in [0.15, 0.2) is 17.8 Å². The molecule has 0 bridgehead atoms. The van der Waals surface area contributed by atoms with Gasteiger partial charge in [0.15, 0.2) is 0 Å². The monoisotopic (exact) mass is 321 g/mol. The van der Waals surface area contributed by atoms with Gasteiger partial charge >= 0.3 is 6.03 Å². The van der Waals surface area contributed by atoms with E-state index in [1.807, 2.05) is 31.7 Å². The maximum atomic E-state index is 11.9. The van der Waals surface area contributed by atoms with Crippen LogP contribution in [-0.2, 0) is 19.9 Å². The lowest BCUT2D eigenvalue weighted by Crippen LogP contribution is -2.37. The normalized spacial score (nSPS) is 12.1. The van der Waals surface area contributed by atoms with Crippen LogP contribution in [0, 0.1) is 0 Å². The van der Waals surface area contributed by atoms with Gasteiger partial charge in [0.05, 0.1) is 22.9 Å². The highest BCUT2D eigenvalue weighted by Crippen LogP contribution is 2.16. The van der Waals surface area contributed by atoms with Gasteiger partial charge in [-0.15, -0.1) is 11.3 Å². The van der Waals surface area contributed by atoms with Crippen molar-refractivity contribution >= 4 is 17.4 Å². The van der Waals surface area contributed by atoms with Crippen LogP contribution in [0.2, 0.25) is 0 Å². The van der Waals surface area contributed by atoms with E-state index in [1.165, 1.54) is 5.56 Å². The van der Waals surface area contributed by atoms with E-state index in [0.29, 0.717) is 6.54 Å². The van der Waals surface area contributed by atoms with Gasteiger partial charge in [0, 0.05) is 25.2 Å². The summed E-state index contributed by atoms with van der Waals surface area (Å²) < 4.78 is 1.79. The number of carbonyl (C=O) groups is 1. The number of urea groups is 1. The Morgan fingerprint density at radius 3 is 2.95 bits per heavy atom. The molecule has 0 fully saturated rings. The molecule has 120 valence electrons. The molecule has 0 aliphatic carbocycles. The number of amides is 2. The molecule has 0 radical (unpaired) electrons. The van der Waals surface area contributed by atoms with Crippen molar-refractivity contribution in [3.05, 3.63) is 34.0 Å². The third kappa shape index (κ3) is 4.84. The summed E-state index contributed by atoms with van der Waals surface area (Å²) in [4.78, 5) is 16.3. The van der Waals surface area contributed by atoms with Crippen molar-refractivity contribution < 1.29 is 4.79 Å². The third-order valence-corrected chi connectivity index (χ3v) is 4.36. The zero-order valence-corrected chi connectivity index (χ0v) is 14.1. The molecule has 0 spiro atoms. The van der Waals surface area contributed by atoms with Gasteiger partial charge in [-0.05, 0) is 31.7 Å². The first-order valence-corrected chi connectivity index (χ1v) is 8.42. The van der Waals surface area contributed by atoms with E-state index in [0.717, 1.165) is 30.0 Å². The molecule has 2 aromatic rings. The Bertz CT molecular complexity index is 607. The fourth-order valence-corrected chi connectivity index (χ4v) is 2.94. The fourth-order valence-electron chi connectivity index (χ4n) is 2.10. The van der Waals surface area contributed by atoms with E-state index >= 15 is 0 Å². The Hall–Kier alpha value is -1.89. The zero-order chi connectivity index (χ0) is 15.9. The molecule has 2 rings (SSSR count). The quantitative estimate of drug-likeness (QED) is 0.769. The molecule has 2 amide bonds. The number of aromatic nitrogens is 3. The first-order valence-electron chi connectivity index (χ1n) is 7.54. The van der Waals surface area contributed by atoms with Gasteiger partial charge < -0.3 is 10.6 Å². The van der Waals surface area contributed by atoms with E-state index < -0.39 is 0 Å². The van der Waals surface area contributed by atoms with Crippen LogP contribution in [-0.4, -0.2) is 27.3 Å². The van der Waals surface area contributed by atoms with Crippen molar-refractivity contribution in [2.24, 2.45) is 7.05 Å². The standard InChI is InChI=1S/C15H23N5OS/c1-4-14-19-13(10-22-14)11(2)18-15(21)16-7-5-6-12-8-17-20(3)9-12/h8-11H,4-7H2,1-3H3,(H2,16,18,21)/t11-/m0/s1. The first kappa shape index (κ1) is 16.5. The van der Waals surface area contributed by atoms with Gasteiger partial charge in [0.25, 0.3) is 0 Å². The average molecular weight is 321 g/mol. The second-order valence-electron chi connectivity index (χ2n) is 5.27. The van der Waals surface area contributed by atoms with Crippen molar-refractivity contribution in [2.75, 3.05) is 6.54 Å². The molecule has 1 atom stereocenters. The second-order valence-corrected chi connectivity index (χ2v) is 6.21. The summed E-state index contributed by atoms with van der Waals surface area (Å²) in [6.07, 6.45) is 6.59. The highest BCUT2D eigenvalue weighted by molar-refractivity contribution is 7.09. The first-order chi connectivity index (χ1) is 10.6. The lowest BCUT2D eigenvalue weighted by Gasteiger charge is -2.12. The summed E-state index contributed by atoms with van der Waals surface area (Å²) in [6.45, 7) is 4.67. The van der Waals surface area contributed by atoms with Crippen LogP contribution < -0.4 is 10.6 Å². The number of thiazole rings is 1. The van der Waals surface area contributed by atoms with Gasteiger partial charge in [0.2, 0.25) is 0 Å². The van der Waals surface area contributed by atoms with Crippen LogP contribution in [0.4, 0.5) is 4.79 Å². The molecule has 0 aliphatic rings. The van der Waals surface area contributed by atoms with E-state index in [-0.39, 0.29) is 12.1 Å². The van der Waals surface area contributed by atoms with Gasteiger partial charge in [-0.25, -0.2) is 9.78 Å². The summed E-state index contributed by atoms with van der Waals surface area (Å²) in [5.74, 6) is 0. The van der Waals surface area contributed by atoms with Crippen LogP contribution in [0.1, 0.15) is 42.6 Å². The van der Waals surface area contributed by atoms with Crippen molar-refractivity contribution in [2.45, 2.75) is 39.2 Å². The molecule has 0 saturated carbocycles. The van der Waals surface area contributed by atoms with Gasteiger partial charge in [-0.2, -0.15) is 5.10 Å². The molecule has 0 unspecified atom stereocenters. The Labute approximate surface area is 135 Å². The maximum Gasteiger partial charge on any atom is 0.315 e. The second kappa shape index (κ2) is 7.93. The van der Waals surface area contributed by atoms with E-state index in [1.54, 1.807) is 16.0 Å². The summed E-state index contributed by atoms with van der Waals surface area (Å²) >= 11 is 1.64. The lowest BCUT2D eigenvalue weighted by molar-refractivity contribution is 0.237. The van der Waals surface area contributed by atoms with Crippen molar-refractivity contribution in [3.8, 4) is 0 Å². The molecule has 0 aromatic carbocycles. The molecule has 2 aromatic heterocycles. The molecular weight excluding hydrogens is 298 g/mol. The summed E-state index contributed by atoms with van der Waals surface area (Å²) in [5.41, 5.74) is 2.11. The third-order valence-electron chi connectivity index (χ3n) is 3.35. The molecule has 0 saturated heterocycles. The van der Waals surface area contributed by atoms with Crippen LogP contribution in [0.5, 0.6) is 0 Å². The Balaban J connectivity index is 1.66. The SMILES string of the molecule is CCc1nc([C@H](C)NC(=O)NCCCc2cnn(C)c2)cs1. The summed E-state index contributed by atoms with van der Waals surface area (Å²) in [7, 11) is 1.90. The highest BCUT2D eigenvalue weighted by Gasteiger charge is 2.12. The van der Waals surface area contributed by atoms with Gasteiger partial charge in [-0.1, -0.05) is 6.92 Å². The molecule has 2 N–H and O–H groups in total. The average Bonchev–Trinajstić information content (AvgIpc) is 3.12. The largest absolute Gasteiger partial charge is 0.338 e. The van der Waals surface area contributed by atoms with Gasteiger partial charge in [-0.3, -0.25) is 4.68 Å². The number of hydrogen-bond acceptors (Lipinski definition) is 4. The molecular formula is C15H23N5OS. The number of aryl methyl sites for hydroxylation is 3. The number of nitrogens with zero attached hydrogens (tertiary/aromatic N) is 3. The lowest BCUT2D eigenvalue weighted by atomic mass is 10.2. The molecule has 0 aliphatic heterocycles. The molecule has 22 heavy (non-hydrogen) atoms. The zero-order valence-electron chi connectivity index (χ0n) is 13.3. The van der Waals surface area contributed by atoms with Crippen molar-refractivity contribution in [1.82, 2.24) is 25.4 Å². The van der Waals surface area contributed by atoms with E-state index in [9.17, 15) is 4.79 Å². The smallest absolute Gasteiger partial charge is 0.315 e. The predicted octanol–water partition coefficient (Wildman–Crippen LogP) is 2.43. The molecule has 6 nitrogen and oxygen atoms in total. The van der Waals surface area contributed by atoms with Crippen LogP contribution >= 0.6 is 11.3 Å². The number of nitrogens with one attached hydrogen (secondary N) is 2. The van der Waals surface area contributed by atoms with Crippen molar-refractivity contribution in [3.63, 3.8) is 0 Å². The molecule has 2 heterocycles. The van der Waals surface area contributed by atoms with E-state index in [2.05, 4.69) is 27.6 Å². The van der Waals surface area contributed by atoms with E-state index in [4.69, 9.17) is 0 Å². The minimum atomic E-state index is -0.148. The van der Waals surface area contributed by atoms with Crippen LogP contribution in [0.3, 0.4) is 0 Å². The topological polar surface area (TPSA) is 71.8 Å². The number of rotatable bonds is 7. The van der Waals surface area contributed by atoms with Crippen LogP contribution in [0.25, 0.3) is 0 Å². The van der Waals surface area contributed by atoms with Gasteiger partial charge in [0.1, 0.15) is 0 Å². The maximum absolute atomic E-state index is 11.9. The minimum Gasteiger partial charge on any atom is -0.338 e. The Morgan fingerprint density at radius 1 is 1.50 bits per heavy atom. The molecule has 7 heteroatoms. The number of carbonyl (C=O) groups excluding carboxylic acids is 1. The predicted molar refractivity (Wildman–Crippen MR) is 88.0 cm³/mol. The van der Waals surface area contributed by atoms with Crippen molar-refractivity contribution in [1.29, 1.82) is 0 Å². The fraction of sp³-hybridized carbons (Fsp3) is 0.533. The Kier molecular flexibility index (Phi) is 5.94.